The number of rotatable bonds is 3. The van der Waals surface area contributed by atoms with Crippen LogP contribution in [-0.4, -0.2) is 36.0 Å². The molecule has 1 fully saturated rings. The van der Waals surface area contributed by atoms with E-state index in [9.17, 15) is 9.59 Å². The van der Waals surface area contributed by atoms with Crippen molar-refractivity contribution in [1.82, 2.24) is 4.90 Å². The molecule has 1 atom stereocenters. The maximum atomic E-state index is 12.0. The van der Waals surface area contributed by atoms with Crippen molar-refractivity contribution < 1.29 is 14.3 Å². The number of carbonyl (C=O) groups is 2. The van der Waals surface area contributed by atoms with Crippen LogP contribution in [0.3, 0.4) is 0 Å². The smallest absolute Gasteiger partial charge is 0.338 e. The Morgan fingerprint density at radius 1 is 1.35 bits per heavy atom. The van der Waals surface area contributed by atoms with Gasteiger partial charge in [-0.25, -0.2) is 4.79 Å². The van der Waals surface area contributed by atoms with Crippen LogP contribution in [-0.2, 0) is 9.53 Å². The van der Waals surface area contributed by atoms with Crippen molar-refractivity contribution in [2.75, 3.05) is 18.8 Å². The monoisotopic (exact) mass is 296 g/mol. The highest BCUT2D eigenvalue weighted by Gasteiger charge is 2.26. The second-order valence-corrected chi connectivity index (χ2v) is 5.22. The summed E-state index contributed by atoms with van der Waals surface area (Å²) < 4.78 is 5.18. The fraction of sp³-hybridized carbons (Fsp3) is 0.429. The van der Waals surface area contributed by atoms with Gasteiger partial charge < -0.3 is 15.4 Å². The highest BCUT2D eigenvalue weighted by Crippen LogP contribution is 2.20. The van der Waals surface area contributed by atoms with E-state index in [2.05, 4.69) is 0 Å². The van der Waals surface area contributed by atoms with Gasteiger partial charge in [0.2, 0.25) is 0 Å². The average molecular weight is 297 g/mol. The molecule has 1 heterocycles. The van der Waals surface area contributed by atoms with E-state index in [1.54, 1.807) is 11.8 Å². The fourth-order valence-electron chi connectivity index (χ4n) is 2.14. The van der Waals surface area contributed by atoms with Gasteiger partial charge in [0.15, 0.2) is 6.10 Å². The third kappa shape index (κ3) is 3.22. The Morgan fingerprint density at radius 3 is 2.60 bits per heavy atom. The van der Waals surface area contributed by atoms with Crippen molar-refractivity contribution in [2.45, 2.75) is 25.9 Å². The molecule has 1 aliphatic heterocycles. The molecular weight excluding hydrogens is 280 g/mol. The molecule has 0 aliphatic carbocycles. The molecule has 0 aromatic heterocycles. The van der Waals surface area contributed by atoms with Gasteiger partial charge in [0.25, 0.3) is 5.91 Å². The number of carbonyl (C=O) groups excluding carboxylic acids is 2. The number of halogens is 1. The van der Waals surface area contributed by atoms with E-state index in [-0.39, 0.29) is 11.5 Å². The molecule has 0 spiro atoms. The van der Waals surface area contributed by atoms with Gasteiger partial charge in [-0.15, -0.1) is 0 Å². The number of benzene rings is 1. The molecule has 0 saturated carbocycles. The van der Waals surface area contributed by atoms with Crippen LogP contribution in [0.1, 0.15) is 30.1 Å². The molecule has 1 saturated heterocycles. The van der Waals surface area contributed by atoms with Crippen LogP contribution < -0.4 is 5.73 Å². The van der Waals surface area contributed by atoms with E-state index in [1.807, 2.05) is 0 Å². The topological polar surface area (TPSA) is 72.6 Å². The zero-order valence-electron chi connectivity index (χ0n) is 11.3. The van der Waals surface area contributed by atoms with Crippen LogP contribution in [0.5, 0.6) is 0 Å². The third-order valence-corrected chi connectivity index (χ3v) is 3.63. The number of nitrogen functional groups attached to an aromatic ring is 1. The van der Waals surface area contributed by atoms with E-state index in [1.165, 1.54) is 18.2 Å². The molecule has 6 heteroatoms. The molecule has 0 radical (unpaired) electrons. The van der Waals surface area contributed by atoms with Crippen LogP contribution in [0.25, 0.3) is 0 Å². The molecule has 2 N–H and O–H groups in total. The lowest BCUT2D eigenvalue weighted by atomic mass is 10.2. The average Bonchev–Trinajstić information content (AvgIpc) is 2.94. The molecule has 5 nitrogen and oxygen atoms in total. The Balaban J connectivity index is 1.99. The van der Waals surface area contributed by atoms with Crippen LogP contribution in [0, 0.1) is 0 Å². The Hall–Kier alpha value is -1.75. The zero-order chi connectivity index (χ0) is 14.7. The van der Waals surface area contributed by atoms with Gasteiger partial charge in [-0.05, 0) is 38.0 Å². The highest BCUT2D eigenvalue weighted by molar-refractivity contribution is 6.33. The van der Waals surface area contributed by atoms with Gasteiger partial charge in [0, 0.05) is 13.1 Å². The largest absolute Gasteiger partial charge is 0.449 e. The van der Waals surface area contributed by atoms with E-state index >= 15 is 0 Å². The van der Waals surface area contributed by atoms with Gasteiger partial charge in [-0.3, -0.25) is 4.79 Å². The number of hydrogen-bond acceptors (Lipinski definition) is 4. The van der Waals surface area contributed by atoms with Gasteiger partial charge >= 0.3 is 5.97 Å². The summed E-state index contributed by atoms with van der Waals surface area (Å²) in [6.45, 7) is 3.04. The molecule has 20 heavy (non-hydrogen) atoms. The van der Waals surface area contributed by atoms with Crippen molar-refractivity contribution >= 4 is 29.2 Å². The Bertz CT molecular complexity index is 527. The number of hydrogen-bond donors (Lipinski definition) is 1. The van der Waals surface area contributed by atoms with Crippen molar-refractivity contribution in [3.63, 3.8) is 0 Å². The molecule has 1 unspecified atom stereocenters. The Kier molecular flexibility index (Phi) is 4.49. The van der Waals surface area contributed by atoms with E-state index in [0.29, 0.717) is 10.7 Å². The number of ether oxygens (including phenoxy) is 1. The second-order valence-electron chi connectivity index (χ2n) is 4.82. The summed E-state index contributed by atoms with van der Waals surface area (Å²) in [7, 11) is 0. The van der Waals surface area contributed by atoms with Crippen molar-refractivity contribution in [3.8, 4) is 0 Å². The number of esters is 1. The maximum Gasteiger partial charge on any atom is 0.338 e. The number of likely N-dealkylation sites (tertiary alicyclic amines) is 1. The van der Waals surface area contributed by atoms with Crippen molar-refractivity contribution in [3.05, 3.63) is 28.8 Å². The summed E-state index contributed by atoms with van der Waals surface area (Å²) in [6.07, 6.45) is 1.21. The first-order valence-electron chi connectivity index (χ1n) is 6.54. The standard InChI is InChI=1S/C14H17ClN2O3/c1-9(13(18)17-6-2-3-7-17)20-14(19)10-4-5-11(15)12(16)8-10/h4-5,8-9H,2-3,6-7,16H2,1H3. The highest BCUT2D eigenvalue weighted by atomic mass is 35.5. The number of nitrogens with two attached hydrogens (primary N) is 1. The second kappa shape index (κ2) is 6.13. The molecule has 2 rings (SSSR count). The lowest BCUT2D eigenvalue weighted by Gasteiger charge is -2.20. The minimum Gasteiger partial charge on any atom is -0.449 e. The van der Waals surface area contributed by atoms with Crippen molar-refractivity contribution in [2.24, 2.45) is 0 Å². The Labute approximate surface area is 122 Å². The van der Waals surface area contributed by atoms with Gasteiger partial charge in [0.1, 0.15) is 0 Å². The van der Waals surface area contributed by atoms with Gasteiger partial charge in [-0.1, -0.05) is 11.6 Å². The first-order valence-corrected chi connectivity index (χ1v) is 6.91. The van der Waals surface area contributed by atoms with E-state index in [0.717, 1.165) is 25.9 Å². The first kappa shape index (κ1) is 14.7. The van der Waals surface area contributed by atoms with Gasteiger partial charge in [0.05, 0.1) is 16.3 Å². The quantitative estimate of drug-likeness (QED) is 0.685. The van der Waals surface area contributed by atoms with Crippen LogP contribution in [0.15, 0.2) is 18.2 Å². The van der Waals surface area contributed by atoms with E-state index < -0.39 is 12.1 Å². The third-order valence-electron chi connectivity index (χ3n) is 3.28. The van der Waals surface area contributed by atoms with Crippen LogP contribution >= 0.6 is 11.6 Å². The Morgan fingerprint density at radius 2 is 2.00 bits per heavy atom. The summed E-state index contributed by atoms with van der Waals surface area (Å²) in [6, 6.07) is 4.49. The molecule has 108 valence electrons. The number of amides is 1. The molecule has 1 aromatic rings. The zero-order valence-corrected chi connectivity index (χ0v) is 12.0. The lowest BCUT2D eigenvalue weighted by Crippen LogP contribution is -2.38. The van der Waals surface area contributed by atoms with Crippen LogP contribution in [0.2, 0.25) is 5.02 Å². The van der Waals surface area contributed by atoms with Gasteiger partial charge in [-0.2, -0.15) is 0 Å². The molecule has 1 aromatic carbocycles. The predicted octanol–water partition coefficient (Wildman–Crippen LogP) is 2.09. The molecular formula is C14H17ClN2O3. The summed E-state index contributed by atoms with van der Waals surface area (Å²) in [4.78, 5) is 25.7. The fourth-order valence-corrected chi connectivity index (χ4v) is 2.26. The summed E-state index contributed by atoms with van der Waals surface area (Å²) in [5, 5.41) is 0.378. The number of nitrogens with zero attached hydrogens (tertiary/aromatic N) is 1. The lowest BCUT2D eigenvalue weighted by molar-refractivity contribution is -0.138. The van der Waals surface area contributed by atoms with E-state index in [4.69, 9.17) is 22.1 Å². The minimum atomic E-state index is -0.794. The van der Waals surface area contributed by atoms with Crippen LogP contribution in [0.4, 0.5) is 5.69 Å². The minimum absolute atomic E-state index is 0.155. The first-order chi connectivity index (χ1) is 9.49. The van der Waals surface area contributed by atoms with Crippen molar-refractivity contribution in [1.29, 1.82) is 0 Å². The summed E-state index contributed by atoms with van der Waals surface area (Å²) >= 11 is 5.79. The SMILES string of the molecule is CC(OC(=O)c1ccc(Cl)c(N)c1)C(=O)N1CCCC1. The normalized spacial score (nSPS) is 16.0. The molecule has 1 aliphatic rings. The molecule has 1 amide bonds. The number of anilines is 1. The molecule has 0 bridgehead atoms. The maximum absolute atomic E-state index is 12.0. The predicted molar refractivity (Wildman–Crippen MR) is 76.6 cm³/mol. The summed E-state index contributed by atoms with van der Waals surface area (Å²) in [5.74, 6) is -0.730. The summed E-state index contributed by atoms with van der Waals surface area (Å²) in [5.41, 5.74) is 6.22.